The molecule has 0 radical (unpaired) electrons. The van der Waals surface area contributed by atoms with Gasteiger partial charge >= 0.3 is 0 Å². The summed E-state index contributed by atoms with van der Waals surface area (Å²) in [5, 5.41) is 8.04. The Labute approximate surface area is 188 Å². The van der Waals surface area contributed by atoms with Gasteiger partial charge < -0.3 is 10.1 Å². The second-order valence-electron chi connectivity index (χ2n) is 7.75. The van der Waals surface area contributed by atoms with Crippen LogP contribution in [0.4, 0.5) is 5.69 Å². The average molecular weight is 482 g/mol. The highest BCUT2D eigenvalue weighted by atomic mass is 32.2. The fourth-order valence-corrected chi connectivity index (χ4v) is 5.02. The van der Waals surface area contributed by atoms with Crippen LogP contribution in [0.15, 0.2) is 58.3 Å². The molecular formula is C21H27N3O6S2. The van der Waals surface area contributed by atoms with Crippen LogP contribution in [-0.4, -0.2) is 34.9 Å². The van der Waals surface area contributed by atoms with Gasteiger partial charge in [0.25, 0.3) is 15.9 Å². The zero-order chi connectivity index (χ0) is 23.4. The molecular weight excluding hydrogens is 454 g/mol. The standard InChI is InChI=1S/C21H27N3O6S2/c1-15(21(25)23-16-5-3-2-4-6-16)30-18-9-13-20(14-10-18)32(28,29)24-17-7-11-19(12-8-17)31(22,26)27/h7-16,24H,2-6H2,1H3,(H,23,25)(H2,22,26,27)/t15-/m0/s1. The maximum Gasteiger partial charge on any atom is 0.261 e. The number of anilines is 1. The van der Waals surface area contributed by atoms with Crippen LogP contribution in [0.2, 0.25) is 0 Å². The molecule has 0 saturated heterocycles. The number of hydrogen-bond donors (Lipinski definition) is 3. The number of amides is 1. The lowest BCUT2D eigenvalue weighted by Crippen LogP contribution is -2.43. The maximum atomic E-state index is 12.6. The molecule has 2 aromatic rings. The van der Waals surface area contributed by atoms with Gasteiger partial charge in [-0.05, 0) is 68.3 Å². The fraction of sp³-hybridized carbons (Fsp3) is 0.381. The van der Waals surface area contributed by atoms with Crippen LogP contribution < -0.4 is 19.9 Å². The summed E-state index contributed by atoms with van der Waals surface area (Å²) < 4.78 is 55.8. The van der Waals surface area contributed by atoms with Crippen LogP contribution in [0.25, 0.3) is 0 Å². The summed E-state index contributed by atoms with van der Waals surface area (Å²) in [6.45, 7) is 1.65. The van der Waals surface area contributed by atoms with Crippen LogP contribution in [0, 0.1) is 0 Å². The van der Waals surface area contributed by atoms with Crippen molar-refractivity contribution in [2.24, 2.45) is 5.14 Å². The minimum atomic E-state index is -3.91. The molecule has 4 N–H and O–H groups in total. The quantitative estimate of drug-likeness (QED) is 0.528. The van der Waals surface area contributed by atoms with E-state index < -0.39 is 26.2 Å². The van der Waals surface area contributed by atoms with Gasteiger partial charge in [-0.15, -0.1) is 0 Å². The summed E-state index contributed by atoms with van der Waals surface area (Å²) in [4.78, 5) is 12.2. The molecule has 0 unspecified atom stereocenters. The Kier molecular flexibility index (Phi) is 7.42. The molecule has 0 bridgehead atoms. The molecule has 1 aliphatic rings. The SMILES string of the molecule is C[C@H](Oc1ccc(S(=O)(=O)Nc2ccc(S(N)(=O)=O)cc2)cc1)C(=O)NC1CCCCC1. The summed E-state index contributed by atoms with van der Waals surface area (Å²) in [6, 6.07) is 10.9. The number of carbonyl (C=O) groups excluding carboxylic acids is 1. The Morgan fingerprint density at radius 2 is 1.50 bits per heavy atom. The molecule has 32 heavy (non-hydrogen) atoms. The second-order valence-corrected chi connectivity index (χ2v) is 11.0. The molecule has 0 aromatic heterocycles. The molecule has 1 fully saturated rings. The van der Waals surface area contributed by atoms with E-state index in [1.807, 2.05) is 0 Å². The molecule has 11 heteroatoms. The number of ether oxygens (including phenoxy) is 1. The third-order valence-corrected chi connectivity index (χ3v) is 7.53. The highest BCUT2D eigenvalue weighted by molar-refractivity contribution is 7.92. The van der Waals surface area contributed by atoms with Crippen molar-refractivity contribution in [3.63, 3.8) is 0 Å². The number of carbonyl (C=O) groups is 1. The molecule has 2 aromatic carbocycles. The molecule has 9 nitrogen and oxygen atoms in total. The van der Waals surface area contributed by atoms with Gasteiger partial charge in [0.05, 0.1) is 9.79 Å². The van der Waals surface area contributed by atoms with Crippen LogP contribution in [0.5, 0.6) is 5.75 Å². The van der Waals surface area contributed by atoms with Gasteiger partial charge in [0.2, 0.25) is 10.0 Å². The Balaban J connectivity index is 1.60. The van der Waals surface area contributed by atoms with Gasteiger partial charge in [0.1, 0.15) is 5.75 Å². The van der Waals surface area contributed by atoms with E-state index in [0.29, 0.717) is 5.75 Å². The Morgan fingerprint density at radius 3 is 2.06 bits per heavy atom. The van der Waals surface area contributed by atoms with Gasteiger partial charge in [0.15, 0.2) is 6.10 Å². The third-order valence-electron chi connectivity index (χ3n) is 5.20. The number of hydrogen-bond acceptors (Lipinski definition) is 6. The average Bonchev–Trinajstić information content (AvgIpc) is 2.74. The maximum absolute atomic E-state index is 12.6. The van der Waals surface area contributed by atoms with E-state index >= 15 is 0 Å². The molecule has 0 aliphatic heterocycles. The van der Waals surface area contributed by atoms with E-state index in [-0.39, 0.29) is 27.4 Å². The van der Waals surface area contributed by atoms with E-state index in [4.69, 9.17) is 9.88 Å². The van der Waals surface area contributed by atoms with Crippen molar-refractivity contribution >= 4 is 31.6 Å². The van der Waals surface area contributed by atoms with Gasteiger partial charge in [0, 0.05) is 11.7 Å². The zero-order valence-electron chi connectivity index (χ0n) is 17.7. The first-order valence-electron chi connectivity index (χ1n) is 10.3. The van der Waals surface area contributed by atoms with Crippen molar-refractivity contribution < 1.29 is 26.4 Å². The first-order valence-corrected chi connectivity index (χ1v) is 13.3. The highest BCUT2D eigenvalue weighted by Gasteiger charge is 2.21. The lowest BCUT2D eigenvalue weighted by Gasteiger charge is -2.24. The van der Waals surface area contributed by atoms with Crippen molar-refractivity contribution in [3.05, 3.63) is 48.5 Å². The number of sulfonamides is 2. The third kappa shape index (κ3) is 6.44. The minimum Gasteiger partial charge on any atom is -0.481 e. The summed E-state index contributed by atoms with van der Waals surface area (Å²) in [5.41, 5.74) is 0.186. The summed E-state index contributed by atoms with van der Waals surface area (Å²) in [6.07, 6.45) is 4.66. The van der Waals surface area contributed by atoms with Crippen molar-refractivity contribution in [2.45, 2.75) is 61.0 Å². The zero-order valence-corrected chi connectivity index (χ0v) is 19.3. The topological polar surface area (TPSA) is 145 Å². The van der Waals surface area contributed by atoms with E-state index in [2.05, 4.69) is 10.0 Å². The largest absolute Gasteiger partial charge is 0.481 e. The van der Waals surface area contributed by atoms with Crippen LogP contribution in [0.1, 0.15) is 39.0 Å². The van der Waals surface area contributed by atoms with Gasteiger partial charge in [-0.3, -0.25) is 9.52 Å². The van der Waals surface area contributed by atoms with Gasteiger partial charge in [-0.25, -0.2) is 22.0 Å². The number of primary sulfonamides is 1. The molecule has 174 valence electrons. The smallest absolute Gasteiger partial charge is 0.261 e. The fourth-order valence-electron chi connectivity index (χ4n) is 3.45. The predicted octanol–water partition coefficient (Wildman–Crippen LogP) is 2.35. The summed E-state index contributed by atoms with van der Waals surface area (Å²) in [7, 11) is -7.77. The number of nitrogens with two attached hydrogens (primary N) is 1. The number of rotatable bonds is 8. The van der Waals surface area contributed by atoms with Crippen LogP contribution >= 0.6 is 0 Å². The normalized spacial score (nSPS) is 16.2. The Morgan fingerprint density at radius 1 is 0.938 bits per heavy atom. The Bertz CT molecular complexity index is 1140. The van der Waals surface area contributed by atoms with Gasteiger partial charge in [-0.1, -0.05) is 19.3 Å². The number of nitrogens with one attached hydrogen (secondary N) is 2. The van der Waals surface area contributed by atoms with Crippen LogP contribution in [0.3, 0.4) is 0 Å². The minimum absolute atomic E-state index is 0.0142. The van der Waals surface area contributed by atoms with Crippen molar-refractivity contribution in [1.29, 1.82) is 0 Å². The van der Waals surface area contributed by atoms with E-state index in [1.54, 1.807) is 6.92 Å². The summed E-state index contributed by atoms with van der Waals surface area (Å²) >= 11 is 0. The number of benzene rings is 2. The molecule has 1 aliphatic carbocycles. The van der Waals surface area contributed by atoms with E-state index in [9.17, 15) is 21.6 Å². The molecule has 1 atom stereocenters. The molecule has 0 heterocycles. The first-order chi connectivity index (χ1) is 15.0. The molecule has 3 rings (SSSR count). The molecule has 1 amide bonds. The van der Waals surface area contributed by atoms with Crippen molar-refractivity contribution in [1.82, 2.24) is 5.32 Å². The van der Waals surface area contributed by atoms with E-state index in [1.165, 1.54) is 55.0 Å². The Hall–Kier alpha value is -2.63. The first kappa shape index (κ1) is 24.0. The lowest BCUT2D eigenvalue weighted by atomic mass is 9.95. The van der Waals surface area contributed by atoms with Crippen molar-refractivity contribution in [2.75, 3.05) is 4.72 Å². The van der Waals surface area contributed by atoms with Crippen LogP contribution in [-0.2, 0) is 24.8 Å². The lowest BCUT2D eigenvalue weighted by molar-refractivity contribution is -0.128. The van der Waals surface area contributed by atoms with Gasteiger partial charge in [-0.2, -0.15) is 0 Å². The summed E-state index contributed by atoms with van der Waals surface area (Å²) in [5.74, 6) is 0.172. The molecule has 0 spiro atoms. The van der Waals surface area contributed by atoms with Crippen molar-refractivity contribution in [3.8, 4) is 5.75 Å². The van der Waals surface area contributed by atoms with E-state index in [0.717, 1.165) is 25.7 Å². The highest BCUT2D eigenvalue weighted by Crippen LogP contribution is 2.22. The molecule has 1 saturated carbocycles. The second kappa shape index (κ2) is 9.88. The predicted molar refractivity (Wildman–Crippen MR) is 120 cm³/mol. The monoisotopic (exact) mass is 481 g/mol.